The van der Waals surface area contributed by atoms with Gasteiger partial charge in [-0.3, -0.25) is 33.6 Å². The predicted octanol–water partition coefficient (Wildman–Crippen LogP) is -2.37. The fraction of sp³-hybridized carbons (Fsp3) is 0.474. The number of carbonyl (C=O) groups is 8. The lowest BCUT2D eigenvalue weighted by atomic mass is 10.0. The van der Waals surface area contributed by atoms with E-state index in [0.29, 0.717) is 30.5 Å². The molecular weight excluding hydrogens is 788 g/mol. The number of nitrogens with two attached hydrogens (primary N) is 2. The molecule has 0 aliphatic rings. The average Bonchev–Trinajstić information content (AvgIpc) is 3.19. The first-order valence-electron chi connectivity index (χ1n) is 19.1. The van der Waals surface area contributed by atoms with Crippen molar-refractivity contribution in [2.24, 2.45) is 17.4 Å². The summed E-state index contributed by atoms with van der Waals surface area (Å²) in [6, 6.07) is 7.48. The Kier molecular flexibility index (Phi) is 21.0. The van der Waals surface area contributed by atoms with Gasteiger partial charge in [0.1, 0.15) is 29.9 Å². The number of aliphatic carboxylic acids is 1. The third-order valence-electron chi connectivity index (χ3n) is 8.87. The van der Waals surface area contributed by atoms with Gasteiger partial charge in [-0.25, -0.2) is 14.9 Å². The number of hydrogen-bond donors (Lipinski definition) is 11. The molecular formula is C38H54N10O12. The van der Waals surface area contributed by atoms with Gasteiger partial charge in [0.25, 0.3) is 0 Å². The second-order valence-electron chi connectivity index (χ2n) is 14.1. The second kappa shape index (κ2) is 25.5. The first-order chi connectivity index (χ1) is 28.4. The summed E-state index contributed by atoms with van der Waals surface area (Å²) in [6.07, 6.45) is 0.170. The summed E-state index contributed by atoms with van der Waals surface area (Å²) in [5, 5.41) is 43.9. The molecule has 0 aliphatic heterocycles. The Morgan fingerprint density at radius 2 is 1.23 bits per heavy atom. The number of amides is 7. The number of aromatic hydroxyl groups is 1. The lowest BCUT2D eigenvalue weighted by molar-refractivity contribution is -0.548. The first-order valence-corrected chi connectivity index (χ1v) is 19.1. The minimum absolute atomic E-state index is 0.00112. The lowest BCUT2D eigenvalue weighted by Gasteiger charge is -2.24. The van der Waals surface area contributed by atoms with E-state index in [0.717, 1.165) is 0 Å². The van der Waals surface area contributed by atoms with Gasteiger partial charge in [0.05, 0.1) is 13.1 Å². The normalized spacial score (nSPS) is 13.3. The SMILES string of the molecule is CC(C)[C@H](NC(=O)CNC(=O)[C@H](CCC(N)=O)NC(=O)[C@H](Cc1ccc(O)cc1)N[N+](=O)[O-])C(=O)NCC(=O)N[C@@H](Cc1ccccc1)C(=O)N[C@@H](CCCCN)C(=O)O. The number of nitro groups is 1. The molecule has 2 aromatic rings. The predicted molar refractivity (Wildman–Crippen MR) is 213 cm³/mol. The summed E-state index contributed by atoms with van der Waals surface area (Å²) >= 11 is 0. The maximum Gasteiger partial charge on any atom is 0.326 e. The summed E-state index contributed by atoms with van der Waals surface area (Å²) in [4.78, 5) is 113. The number of phenolic OH excluding ortho intramolecular Hbond substituents is 1. The number of carboxylic acid groups (broad SMARTS) is 1. The zero-order valence-corrected chi connectivity index (χ0v) is 33.3. The van der Waals surface area contributed by atoms with E-state index >= 15 is 0 Å². The van der Waals surface area contributed by atoms with Crippen molar-refractivity contribution in [2.75, 3.05) is 19.6 Å². The quantitative estimate of drug-likeness (QED) is 0.0255. The van der Waals surface area contributed by atoms with Crippen molar-refractivity contribution in [3.63, 3.8) is 0 Å². The molecule has 0 radical (unpaired) electrons. The van der Waals surface area contributed by atoms with E-state index < -0.39 is 102 Å². The molecule has 328 valence electrons. The number of nitrogens with one attached hydrogen (secondary N) is 7. The van der Waals surface area contributed by atoms with Crippen molar-refractivity contribution in [3.05, 3.63) is 75.8 Å². The van der Waals surface area contributed by atoms with Crippen molar-refractivity contribution in [3.8, 4) is 5.75 Å². The van der Waals surface area contributed by atoms with Gasteiger partial charge in [0.2, 0.25) is 41.4 Å². The fourth-order valence-electron chi connectivity index (χ4n) is 5.67. The number of unbranched alkanes of at least 4 members (excludes halogenated alkanes) is 1. The van der Waals surface area contributed by atoms with E-state index in [1.807, 2.05) is 5.43 Å². The van der Waals surface area contributed by atoms with E-state index in [4.69, 9.17) is 11.5 Å². The van der Waals surface area contributed by atoms with Crippen LogP contribution in [0.1, 0.15) is 57.1 Å². The highest BCUT2D eigenvalue weighted by atomic mass is 16.7. The molecule has 0 heterocycles. The van der Waals surface area contributed by atoms with E-state index in [1.165, 1.54) is 24.3 Å². The molecule has 0 aromatic heterocycles. The molecule has 2 rings (SSSR count). The largest absolute Gasteiger partial charge is 0.508 e. The number of hydrogen-bond acceptors (Lipinski definition) is 12. The van der Waals surface area contributed by atoms with Crippen molar-refractivity contribution in [2.45, 2.75) is 89.0 Å². The van der Waals surface area contributed by atoms with Crippen molar-refractivity contribution in [1.82, 2.24) is 37.3 Å². The molecule has 22 nitrogen and oxygen atoms in total. The van der Waals surface area contributed by atoms with Crippen LogP contribution in [-0.2, 0) is 51.2 Å². The van der Waals surface area contributed by atoms with Gasteiger partial charge in [0.15, 0.2) is 11.1 Å². The highest BCUT2D eigenvalue weighted by molar-refractivity contribution is 5.95. The second-order valence-corrected chi connectivity index (χ2v) is 14.1. The Morgan fingerprint density at radius 1 is 0.683 bits per heavy atom. The van der Waals surface area contributed by atoms with Crippen LogP contribution in [0.25, 0.3) is 0 Å². The Morgan fingerprint density at radius 3 is 1.80 bits per heavy atom. The zero-order chi connectivity index (χ0) is 44.8. The summed E-state index contributed by atoms with van der Waals surface area (Å²) < 4.78 is 0. The number of rotatable bonds is 27. The van der Waals surface area contributed by atoms with Crippen LogP contribution in [0.4, 0.5) is 0 Å². The molecule has 7 amide bonds. The monoisotopic (exact) mass is 842 g/mol. The van der Waals surface area contributed by atoms with E-state index in [2.05, 4.69) is 31.9 Å². The Bertz CT molecular complexity index is 1800. The Labute approximate surface area is 345 Å². The van der Waals surface area contributed by atoms with Crippen LogP contribution in [0.3, 0.4) is 0 Å². The van der Waals surface area contributed by atoms with E-state index in [1.54, 1.807) is 44.2 Å². The van der Waals surface area contributed by atoms with E-state index in [-0.39, 0.29) is 37.9 Å². The number of phenols is 1. The van der Waals surface area contributed by atoms with Crippen molar-refractivity contribution < 1.29 is 53.6 Å². The van der Waals surface area contributed by atoms with Crippen LogP contribution in [0.15, 0.2) is 54.6 Å². The highest BCUT2D eigenvalue weighted by Crippen LogP contribution is 2.12. The molecule has 5 atom stereocenters. The van der Waals surface area contributed by atoms with Gasteiger partial charge < -0.3 is 53.6 Å². The topological polar surface area (TPSA) is 356 Å². The molecule has 0 spiro atoms. The summed E-state index contributed by atoms with van der Waals surface area (Å²) in [6.45, 7) is 2.19. The lowest BCUT2D eigenvalue weighted by Crippen LogP contribution is -2.57. The van der Waals surface area contributed by atoms with Crippen molar-refractivity contribution in [1.29, 1.82) is 0 Å². The number of carboxylic acids is 1. The maximum absolute atomic E-state index is 13.2. The van der Waals surface area contributed by atoms with Gasteiger partial charge in [0, 0.05) is 19.3 Å². The number of benzene rings is 2. The summed E-state index contributed by atoms with van der Waals surface area (Å²) in [5.74, 6) is -7.85. The molecule has 0 saturated carbocycles. The van der Waals surface area contributed by atoms with Gasteiger partial charge in [-0.05, 0) is 61.4 Å². The number of carbonyl (C=O) groups excluding carboxylic acids is 7. The van der Waals surface area contributed by atoms with Crippen LogP contribution in [-0.4, -0.2) is 112 Å². The van der Waals surface area contributed by atoms with E-state index in [9.17, 15) is 58.7 Å². The molecule has 0 bridgehead atoms. The molecule has 22 heteroatoms. The molecule has 0 aliphatic carbocycles. The number of nitrogens with zero attached hydrogens (tertiary/aromatic N) is 1. The highest BCUT2D eigenvalue weighted by Gasteiger charge is 2.31. The summed E-state index contributed by atoms with van der Waals surface area (Å²) in [5.41, 5.74) is 13.7. The molecule has 13 N–H and O–H groups in total. The Hall–Kier alpha value is -6.84. The maximum atomic E-state index is 13.2. The average molecular weight is 843 g/mol. The molecule has 0 saturated heterocycles. The van der Waals surface area contributed by atoms with Gasteiger partial charge >= 0.3 is 5.97 Å². The van der Waals surface area contributed by atoms with Gasteiger partial charge in [-0.1, -0.05) is 56.3 Å². The van der Waals surface area contributed by atoms with Crippen LogP contribution in [0.5, 0.6) is 5.75 Å². The minimum Gasteiger partial charge on any atom is -0.508 e. The van der Waals surface area contributed by atoms with Gasteiger partial charge in [-0.2, -0.15) is 0 Å². The Balaban J connectivity index is 2.06. The molecule has 2 aromatic carbocycles. The third-order valence-corrected chi connectivity index (χ3v) is 8.87. The number of hydrazine groups is 1. The van der Waals surface area contributed by atoms with Crippen LogP contribution in [0, 0.1) is 16.0 Å². The smallest absolute Gasteiger partial charge is 0.326 e. The number of primary amides is 1. The van der Waals surface area contributed by atoms with Crippen molar-refractivity contribution >= 4 is 47.3 Å². The zero-order valence-electron chi connectivity index (χ0n) is 33.3. The fourth-order valence-corrected chi connectivity index (χ4v) is 5.67. The molecule has 0 unspecified atom stereocenters. The first kappa shape index (κ1) is 49.3. The van der Waals surface area contributed by atoms with Crippen LogP contribution in [0.2, 0.25) is 0 Å². The standard InChI is InChI=1S/C38H54N10O12/c1-22(2)33(37(56)42-20-31(51)43-28(18-23-8-4-3-5-9-23)35(54)45-27(38(57)58)10-6-7-17-39)46-32(52)21-41-34(53)26(15-16-30(40)50)44-36(55)29(47-48(59)60)19-24-11-13-25(49)14-12-24/h3-5,8-9,11-14,22,26-29,33,47,49H,6-7,10,15-21,39H2,1-2H3,(H2,40,50)(H,41,53)(H,42,56)(H,43,51)(H,44,55)(H,45,54)(H,46,52)(H,57,58)/t26-,27-,28-,29-,33-/m0/s1. The minimum atomic E-state index is -1.50. The summed E-state index contributed by atoms with van der Waals surface area (Å²) in [7, 11) is 0. The molecule has 0 fully saturated rings. The van der Waals surface area contributed by atoms with Gasteiger partial charge in [-0.15, -0.1) is 5.43 Å². The van der Waals surface area contributed by atoms with Crippen LogP contribution >= 0.6 is 0 Å². The van der Waals surface area contributed by atoms with Crippen LogP contribution < -0.4 is 48.8 Å². The third kappa shape index (κ3) is 18.6. The molecule has 60 heavy (non-hydrogen) atoms.